The van der Waals surface area contributed by atoms with Gasteiger partial charge in [0.2, 0.25) is 0 Å². The summed E-state index contributed by atoms with van der Waals surface area (Å²) in [6.07, 6.45) is 13.3. The van der Waals surface area contributed by atoms with Gasteiger partial charge in [0.1, 0.15) is 0 Å². The van der Waals surface area contributed by atoms with Crippen LogP contribution in [0, 0.1) is 5.92 Å². The molecule has 0 saturated carbocycles. The molecule has 0 bridgehead atoms. The summed E-state index contributed by atoms with van der Waals surface area (Å²) in [5.41, 5.74) is 1.35. The van der Waals surface area contributed by atoms with E-state index < -0.39 is 0 Å². The van der Waals surface area contributed by atoms with Gasteiger partial charge < -0.3 is 9.47 Å². The first-order chi connectivity index (χ1) is 13.0. The molecule has 0 aliphatic carbocycles. The first kappa shape index (κ1) is 25.7. The van der Waals surface area contributed by atoms with Gasteiger partial charge in [-0.2, -0.15) is 0 Å². The van der Waals surface area contributed by atoms with E-state index in [9.17, 15) is 9.59 Å². The standard InChI is InChI=1S/C23H42O4/c1-5-6-7-8-11-18-26-22(24)15-9-10-16-23(25)27-19-17-21(4)14-12-13-20(2)3/h13,21H,5-12,14-19H2,1-4H3. The lowest BCUT2D eigenvalue weighted by Crippen LogP contribution is -2.09. The molecule has 0 aliphatic heterocycles. The van der Waals surface area contributed by atoms with Crippen molar-refractivity contribution in [1.29, 1.82) is 0 Å². The Morgan fingerprint density at radius 3 is 2.00 bits per heavy atom. The highest BCUT2D eigenvalue weighted by Crippen LogP contribution is 2.12. The van der Waals surface area contributed by atoms with Gasteiger partial charge in [-0.1, -0.05) is 51.2 Å². The van der Waals surface area contributed by atoms with E-state index in [4.69, 9.17) is 9.47 Å². The summed E-state index contributed by atoms with van der Waals surface area (Å²) >= 11 is 0. The highest BCUT2D eigenvalue weighted by molar-refractivity contribution is 5.70. The summed E-state index contributed by atoms with van der Waals surface area (Å²) in [7, 11) is 0. The number of rotatable bonds is 17. The van der Waals surface area contributed by atoms with Crippen molar-refractivity contribution in [3.05, 3.63) is 11.6 Å². The van der Waals surface area contributed by atoms with Gasteiger partial charge in [-0.3, -0.25) is 9.59 Å². The minimum Gasteiger partial charge on any atom is -0.466 e. The number of hydrogen-bond acceptors (Lipinski definition) is 4. The number of carbonyl (C=O) groups is 2. The summed E-state index contributed by atoms with van der Waals surface area (Å²) in [6.45, 7) is 9.62. The predicted molar refractivity (Wildman–Crippen MR) is 112 cm³/mol. The molecule has 4 nitrogen and oxygen atoms in total. The second-order valence-corrected chi connectivity index (χ2v) is 7.81. The van der Waals surface area contributed by atoms with Crippen LogP contribution in [-0.2, 0) is 19.1 Å². The number of hydrogen-bond donors (Lipinski definition) is 0. The summed E-state index contributed by atoms with van der Waals surface area (Å²) in [6, 6.07) is 0. The van der Waals surface area contributed by atoms with Crippen LogP contribution in [0.15, 0.2) is 11.6 Å². The molecular formula is C23H42O4. The summed E-state index contributed by atoms with van der Waals surface area (Å²) < 4.78 is 10.5. The number of carbonyl (C=O) groups excluding carboxylic acids is 2. The van der Waals surface area contributed by atoms with Crippen LogP contribution in [0.25, 0.3) is 0 Å². The fraction of sp³-hybridized carbons (Fsp3) is 0.826. The van der Waals surface area contributed by atoms with Gasteiger partial charge in [0, 0.05) is 12.8 Å². The largest absolute Gasteiger partial charge is 0.466 e. The third-order valence-electron chi connectivity index (χ3n) is 4.61. The third kappa shape index (κ3) is 19.3. The first-order valence-electron chi connectivity index (χ1n) is 10.9. The Labute approximate surface area is 167 Å². The van der Waals surface area contributed by atoms with Crippen LogP contribution in [0.1, 0.15) is 105 Å². The molecule has 1 atom stereocenters. The van der Waals surface area contributed by atoms with Crippen LogP contribution < -0.4 is 0 Å². The van der Waals surface area contributed by atoms with Crippen molar-refractivity contribution in [2.75, 3.05) is 13.2 Å². The second kappa shape index (κ2) is 18.1. The maximum absolute atomic E-state index is 11.7. The molecule has 0 rings (SSSR count). The third-order valence-corrected chi connectivity index (χ3v) is 4.61. The van der Waals surface area contributed by atoms with Crippen LogP contribution >= 0.6 is 0 Å². The number of unbranched alkanes of at least 4 members (excludes halogenated alkanes) is 5. The zero-order valence-electron chi connectivity index (χ0n) is 18.2. The summed E-state index contributed by atoms with van der Waals surface area (Å²) in [5, 5.41) is 0. The monoisotopic (exact) mass is 382 g/mol. The van der Waals surface area contributed by atoms with Crippen LogP contribution in [0.4, 0.5) is 0 Å². The van der Waals surface area contributed by atoms with E-state index in [1.165, 1.54) is 24.8 Å². The molecule has 0 N–H and O–H groups in total. The van der Waals surface area contributed by atoms with E-state index in [0.29, 0.717) is 44.8 Å². The van der Waals surface area contributed by atoms with Crippen LogP contribution in [0.2, 0.25) is 0 Å². The van der Waals surface area contributed by atoms with Crippen LogP contribution in [-0.4, -0.2) is 25.2 Å². The van der Waals surface area contributed by atoms with Crippen molar-refractivity contribution >= 4 is 11.9 Å². The molecule has 0 radical (unpaired) electrons. The zero-order chi connectivity index (χ0) is 20.3. The maximum Gasteiger partial charge on any atom is 0.305 e. The number of esters is 2. The average Bonchev–Trinajstić information content (AvgIpc) is 2.61. The van der Waals surface area contributed by atoms with E-state index in [1.54, 1.807) is 0 Å². The van der Waals surface area contributed by atoms with Gasteiger partial charge in [-0.15, -0.1) is 0 Å². The van der Waals surface area contributed by atoms with Crippen molar-refractivity contribution < 1.29 is 19.1 Å². The smallest absolute Gasteiger partial charge is 0.305 e. The normalized spacial score (nSPS) is 11.7. The van der Waals surface area contributed by atoms with E-state index in [0.717, 1.165) is 32.1 Å². The Kier molecular flexibility index (Phi) is 17.2. The minimum atomic E-state index is -0.157. The van der Waals surface area contributed by atoms with Crippen molar-refractivity contribution in [2.24, 2.45) is 5.92 Å². The van der Waals surface area contributed by atoms with Crippen LogP contribution in [0.3, 0.4) is 0 Å². The van der Waals surface area contributed by atoms with E-state index in [2.05, 4.69) is 33.8 Å². The highest BCUT2D eigenvalue weighted by Gasteiger charge is 2.07. The summed E-state index contributed by atoms with van der Waals surface area (Å²) in [4.78, 5) is 23.3. The molecule has 0 aromatic carbocycles. The number of allylic oxidation sites excluding steroid dienone is 2. The lowest BCUT2D eigenvalue weighted by atomic mass is 10.0. The van der Waals surface area contributed by atoms with E-state index in [1.807, 2.05) is 0 Å². The van der Waals surface area contributed by atoms with Gasteiger partial charge in [-0.05, 0) is 58.3 Å². The molecule has 0 fully saturated rings. The molecule has 0 aromatic rings. The molecule has 0 spiro atoms. The Balaban J connectivity index is 3.49. The van der Waals surface area contributed by atoms with Gasteiger partial charge in [0.05, 0.1) is 13.2 Å². The molecular weight excluding hydrogens is 340 g/mol. The molecule has 1 unspecified atom stereocenters. The molecule has 0 heterocycles. The lowest BCUT2D eigenvalue weighted by Gasteiger charge is -2.10. The predicted octanol–water partition coefficient (Wildman–Crippen LogP) is 6.38. The minimum absolute atomic E-state index is 0.149. The molecule has 27 heavy (non-hydrogen) atoms. The van der Waals surface area contributed by atoms with Crippen molar-refractivity contribution in [3.63, 3.8) is 0 Å². The van der Waals surface area contributed by atoms with Crippen LogP contribution in [0.5, 0.6) is 0 Å². The average molecular weight is 383 g/mol. The Morgan fingerprint density at radius 2 is 1.41 bits per heavy atom. The SMILES string of the molecule is CCCCCCCOC(=O)CCCCC(=O)OCCC(C)CCC=C(C)C. The topological polar surface area (TPSA) is 52.6 Å². The fourth-order valence-corrected chi connectivity index (χ4v) is 2.75. The number of ether oxygens (including phenoxy) is 2. The van der Waals surface area contributed by atoms with Crippen molar-refractivity contribution in [1.82, 2.24) is 0 Å². The van der Waals surface area contributed by atoms with Gasteiger partial charge >= 0.3 is 11.9 Å². The quantitative estimate of drug-likeness (QED) is 0.166. The van der Waals surface area contributed by atoms with Gasteiger partial charge in [0.25, 0.3) is 0 Å². The molecule has 4 heteroatoms. The van der Waals surface area contributed by atoms with E-state index in [-0.39, 0.29) is 11.9 Å². The Hall–Kier alpha value is -1.32. The maximum atomic E-state index is 11.7. The molecule has 0 aliphatic rings. The summed E-state index contributed by atoms with van der Waals surface area (Å²) in [5.74, 6) is 0.255. The van der Waals surface area contributed by atoms with Gasteiger partial charge in [-0.25, -0.2) is 0 Å². The van der Waals surface area contributed by atoms with Crippen molar-refractivity contribution in [2.45, 2.75) is 105 Å². The van der Waals surface area contributed by atoms with E-state index >= 15 is 0 Å². The highest BCUT2D eigenvalue weighted by atomic mass is 16.5. The zero-order valence-corrected chi connectivity index (χ0v) is 18.2. The molecule has 0 amide bonds. The fourth-order valence-electron chi connectivity index (χ4n) is 2.75. The van der Waals surface area contributed by atoms with Crippen molar-refractivity contribution in [3.8, 4) is 0 Å². The second-order valence-electron chi connectivity index (χ2n) is 7.81. The Morgan fingerprint density at radius 1 is 0.815 bits per heavy atom. The molecule has 158 valence electrons. The lowest BCUT2D eigenvalue weighted by molar-refractivity contribution is -0.146. The molecule has 0 aromatic heterocycles. The Bertz CT molecular complexity index is 411. The first-order valence-corrected chi connectivity index (χ1v) is 10.9. The van der Waals surface area contributed by atoms with Gasteiger partial charge in [0.15, 0.2) is 0 Å². The molecule has 0 saturated heterocycles.